The maximum absolute atomic E-state index is 14.5. The van der Waals surface area contributed by atoms with Crippen molar-refractivity contribution in [2.24, 2.45) is 5.92 Å². The Morgan fingerprint density at radius 3 is 2.50 bits per heavy atom. The molecule has 2 aliphatic rings. The van der Waals surface area contributed by atoms with Gasteiger partial charge in [0.25, 0.3) is 15.9 Å². The Labute approximate surface area is 171 Å². The third-order valence-corrected chi connectivity index (χ3v) is 7.36. The van der Waals surface area contributed by atoms with Crippen molar-refractivity contribution in [3.8, 4) is 0 Å². The lowest BCUT2D eigenvalue weighted by Gasteiger charge is -2.33. The van der Waals surface area contributed by atoms with E-state index < -0.39 is 51.0 Å². The van der Waals surface area contributed by atoms with E-state index in [0.29, 0.717) is 19.3 Å². The highest BCUT2D eigenvalue weighted by atomic mass is 32.2. The molecule has 0 radical (unpaired) electrons. The van der Waals surface area contributed by atoms with Crippen LogP contribution in [0.3, 0.4) is 0 Å². The highest BCUT2D eigenvalue weighted by molar-refractivity contribution is 7.92. The number of nitrogens with zero attached hydrogens (tertiary/aromatic N) is 2. The van der Waals surface area contributed by atoms with Crippen LogP contribution in [0.2, 0.25) is 0 Å². The van der Waals surface area contributed by atoms with E-state index in [9.17, 15) is 26.8 Å². The van der Waals surface area contributed by atoms with Crippen LogP contribution in [0.25, 0.3) is 0 Å². The third kappa shape index (κ3) is 3.28. The lowest BCUT2D eigenvalue weighted by Crippen LogP contribution is -2.54. The molecule has 1 aromatic heterocycles. The van der Waals surface area contributed by atoms with Gasteiger partial charge < -0.3 is 5.32 Å². The molecular weight excluding hydrogens is 418 g/mol. The number of carbonyl (C=O) groups excluding carboxylic acids is 2. The number of rotatable bonds is 5. The molecule has 0 bridgehead atoms. The predicted octanol–water partition coefficient (Wildman–Crippen LogP) is 1.93. The standard InChI is InChI=1S/C19H18F2N4O4S/c20-15-9-8-14(16(21)22-15)25(30(28,29)13-6-2-1-3-7-13)11-12-5-4-10-19(12)17(26)23-18(27)24-19/h1-3,6-9,12H,4-5,10-11H2,(H2,23,24,26,27). The van der Waals surface area contributed by atoms with Gasteiger partial charge in [0.1, 0.15) is 11.2 Å². The molecule has 2 N–H and O–H groups in total. The Kier molecular flexibility index (Phi) is 4.92. The van der Waals surface area contributed by atoms with E-state index in [1.807, 2.05) is 0 Å². The number of imide groups is 1. The summed E-state index contributed by atoms with van der Waals surface area (Å²) in [5.74, 6) is -3.54. The third-order valence-electron chi connectivity index (χ3n) is 5.57. The summed E-state index contributed by atoms with van der Waals surface area (Å²) < 4.78 is 55.4. The molecule has 4 rings (SSSR count). The second-order valence-electron chi connectivity index (χ2n) is 7.26. The molecule has 1 spiro atoms. The average Bonchev–Trinajstić information content (AvgIpc) is 3.23. The monoisotopic (exact) mass is 436 g/mol. The van der Waals surface area contributed by atoms with Crippen LogP contribution in [0, 0.1) is 17.8 Å². The summed E-state index contributed by atoms with van der Waals surface area (Å²) in [6.07, 6.45) is 1.34. The molecule has 1 saturated heterocycles. The van der Waals surface area contributed by atoms with Gasteiger partial charge in [-0.3, -0.25) is 14.4 Å². The average molecular weight is 436 g/mol. The lowest BCUT2D eigenvalue weighted by molar-refractivity contribution is -0.125. The van der Waals surface area contributed by atoms with Crippen LogP contribution in [0.15, 0.2) is 47.4 Å². The second-order valence-corrected chi connectivity index (χ2v) is 9.12. The van der Waals surface area contributed by atoms with Crippen molar-refractivity contribution in [1.29, 1.82) is 0 Å². The molecule has 2 unspecified atom stereocenters. The molecule has 2 atom stereocenters. The highest BCUT2D eigenvalue weighted by Gasteiger charge is 2.55. The molecule has 1 aromatic carbocycles. The van der Waals surface area contributed by atoms with Gasteiger partial charge >= 0.3 is 6.03 Å². The Hall–Kier alpha value is -3.08. The number of pyridine rings is 1. The van der Waals surface area contributed by atoms with Crippen molar-refractivity contribution >= 4 is 27.6 Å². The van der Waals surface area contributed by atoms with Crippen LogP contribution in [0.5, 0.6) is 0 Å². The molecule has 1 saturated carbocycles. The molecular formula is C19H18F2N4O4S. The summed E-state index contributed by atoms with van der Waals surface area (Å²) in [7, 11) is -4.27. The van der Waals surface area contributed by atoms with E-state index in [1.54, 1.807) is 6.07 Å². The van der Waals surface area contributed by atoms with Gasteiger partial charge in [0.2, 0.25) is 11.9 Å². The normalized spacial score (nSPS) is 23.5. The number of benzene rings is 1. The zero-order valence-corrected chi connectivity index (χ0v) is 16.5. The first-order chi connectivity index (χ1) is 14.2. The molecule has 158 valence electrons. The fourth-order valence-corrected chi connectivity index (χ4v) is 5.66. The summed E-state index contributed by atoms with van der Waals surface area (Å²) in [6.45, 7) is -0.296. The second kappa shape index (κ2) is 7.31. The fourth-order valence-electron chi connectivity index (χ4n) is 4.13. The summed E-state index contributed by atoms with van der Waals surface area (Å²) in [5.41, 5.74) is -1.71. The van der Waals surface area contributed by atoms with Gasteiger partial charge in [-0.1, -0.05) is 24.6 Å². The smallest absolute Gasteiger partial charge is 0.322 e. The summed E-state index contributed by atoms with van der Waals surface area (Å²) >= 11 is 0. The summed E-state index contributed by atoms with van der Waals surface area (Å²) in [4.78, 5) is 27.2. The molecule has 2 aromatic rings. The van der Waals surface area contributed by atoms with Crippen LogP contribution in [0.1, 0.15) is 19.3 Å². The number of nitrogens with one attached hydrogen (secondary N) is 2. The minimum atomic E-state index is -4.27. The van der Waals surface area contributed by atoms with E-state index in [4.69, 9.17) is 0 Å². The van der Waals surface area contributed by atoms with Crippen LogP contribution in [-0.2, 0) is 14.8 Å². The van der Waals surface area contributed by atoms with Crippen LogP contribution in [-0.4, -0.2) is 37.4 Å². The van der Waals surface area contributed by atoms with Gasteiger partial charge in [-0.05, 0) is 37.1 Å². The van der Waals surface area contributed by atoms with Gasteiger partial charge in [-0.2, -0.15) is 13.8 Å². The zero-order chi connectivity index (χ0) is 21.5. The molecule has 30 heavy (non-hydrogen) atoms. The van der Waals surface area contributed by atoms with Crippen molar-refractivity contribution in [2.75, 3.05) is 10.8 Å². The topological polar surface area (TPSA) is 108 Å². The van der Waals surface area contributed by atoms with Gasteiger partial charge in [-0.25, -0.2) is 13.2 Å². The van der Waals surface area contributed by atoms with Gasteiger partial charge in [0.05, 0.1) is 4.90 Å². The lowest BCUT2D eigenvalue weighted by atomic mass is 9.87. The largest absolute Gasteiger partial charge is 0.323 e. The van der Waals surface area contributed by atoms with Crippen molar-refractivity contribution in [1.82, 2.24) is 15.6 Å². The minimum Gasteiger partial charge on any atom is -0.323 e. The molecule has 2 heterocycles. The first kappa shape index (κ1) is 20.2. The maximum atomic E-state index is 14.5. The predicted molar refractivity (Wildman–Crippen MR) is 102 cm³/mol. The number of aromatic nitrogens is 1. The van der Waals surface area contributed by atoms with Crippen molar-refractivity contribution in [2.45, 2.75) is 29.7 Å². The zero-order valence-electron chi connectivity index (χ0n) is 15.6. The first-order valence-electron chi connectivity index (χ1n) is 9.27. The van der Waals surface area contributed by atoms with Crippen molar-refractivity contribution < 1.29 is 26.8 Å². The molecule has 1 aliphatic heterocycles. The molecule has 2 fully saturated rings. The first-order valence-corrected chi connectivity index (χ1v) is 10.7. The summed E-state index contributed by atoms with van der Waals surface area (Å²) in [6, 6.07) is 8.58. The number of hydrogen-bond acceptors (Lipinski definition) is 5. The number of halogens is 2. The Bertz CT molecular complexity index is 1110. The van der Waals surface area contributed by atoms with E-state index in [-0.39, 0.29) is 11.4 Å². The Balaban J connectivity index is 1.78. The Morgan fingerprint density at radius 1 is 1.13 bits per heavy atom. The van der Waals surface area contributed by atoms with Gasteiger partial charge in [0.15, 0.2) is 0 Å². The fraction of sp³-hybridized carbons (Fsp3) is 0.316. The number of carbonyl (C=O) groups is 2. The van der Waals surface area contributed by atoms with Crippen molar-refractivity contribution in [3.05, 3.63) is 54.4 Å². The molecule has 3 amide bonds. The number of hydrogen-bond donors (Lipinski definition) is 2. The molecule has 8 nitrogen and oxygen atoms in total. The summed E-state index contributed by atoms with van der Waals surface area (Å²) in [5, 5.41) is 4.80. The number of urea groups is 1. The van der Waals surface area contributed by atoms with E-state index in [0.717, 1.165) is 16.4 Å². The quantitative estimate of drug-likeness (QED) is 0.550. The Morgan fingerprint density at radius 2 is 1.87 bits per heavy atom. The van der Waals surface area contributed by atoms with E-state index in [1.165, 1.54) is 24.3 Å². The number of amides is 3. The van der Waals surface area contributed by atoms with Crippen LogP contribution in [0.4, 0.5) is 19.3 Å². The minimum absolute atomic E-state index is 0.0966. The number of sulfonamides is 1. The van der Waals surface area contributed by atoms with Crippen LogP contribution < -0.4 is 14.9 Å². The maximum Gasteiger partial charge on any atom is 0.322 e. The highest BCUT2D eigenvalue weighted by Crippen LogP contribution is 2.40. The SMILES string of the molecule is O=C1NC(=O)C2(CCCC2CN(c2ccc(F)nc2F)S(=O)(=O)c2ccccc2)N1. The number of anilines is 1. The van der Waals surface area contributed by atoms with Gasteiger partial charge in [0, 0.05) is 12.5 Å². The van der Waals surface area contributed by atoms with Crippen molar-refractivity contribution in [3.63, 3.8) is 0 Å². The molecule has 11 heteroatoms. The van der Waals surface area contributed by atoms with Crippen LogP contribution >= 0.6 is 0 Å². The van der Waals surface area contributed by atoms with E-state index >= 15 is 0 Å². The van der Waals surface area contributed by atoms with Gasteiger partial charge in [-0.15, -0.1) is 0 Å². The molecule has 1 aliphatic carbocycles. The van der Waals surface area contributed by atoms with E-state index in [2.05, 4.69) is 15.6 Å².